The Bertz CT molecular complexity index is 2300. The smallest absolute Gasteiger partial charge is 0.0774 e. The first-order chi connectivity index (χ1) is 25.9. The summed E-state index contributed by atoms with van der Waals surface area (Å²) in [6, 6.07) is 48.9. The molecule has 0 spiro atoms. The van der Waals surface area contributed by atoms with E-state index in [2.05, 4.69) is 52.0 Å². The molecule has 265 valence electrons. The molecule has 7 aromatic rings. The molecule has 0 aliphatic heterocycles. The van der Waals surface area contributed by atoms with Gasteiger partial charge in [-0.05, 0) is 82.2 Å². The van der Waals surface area contributed by atoms with Crippen molar-refractivity contribution in [2.24, 2.45) is 0 Å². The summed E-state index contributed by atoms with van der Waals surface area (Å²) in [4.78, 5) is 9.39. The molecule has 1 aliphatic carbocycles. The first-order valence-corrected chi connectivity index (χ1v) is 18.1. The molecule has 0 unspecified atom stereocenters. The van der Waals surface area contributed by atoms with Gasteiger partial charge in [0, 0.05) is 36.1 Å². The monoisotopic (exact) mass is 861 g/mol. The number of hydrogen-bond acceptors (Lipinski definition) is 2. The number of rotatable bonds is 7. The Hall–Kier alpha value is -4.63. The number of fused-ring (bicyclic) bond motifs is 1. The summed E-state index contributed by atoms with van der Waals surface area (Å²) in [6.45, 7) is 7.56. The van der Waals surface area contributed by atoms with Gasteiger partial charge in [0.25, 0.3) is 0 Å². The Kier molecular flexibility index (Phi) is 11.0. The van der Waals surface area contributed by atoms with Gasteiger partial charge in [0.1, 0.15) is 0 Å². The van der Waals surface area contributed by atoms with Crippen LogP contribution in [-0.4, -0.2) is 14.5 Å². The predicted octanol–water partition coefficient (Wildman–Crippen LogP) is 13.0. The van der Waals surface area contributed by atoms with Crippen LogP contribution in [0, 0.1) is 12.1 Å². The van der Waals surface area contributed by atoms with Crippen LogP contribution in [0.1, 0.15) is 98.3 Å². The van der Waals surface area contributed by atoms with E-state index in [1.807, 2.05) is 131 Å². The van der Waals surface area contributed by atoms with Crippen LogP contribution in [0.5, 0.6) is 0 Å². The zero-order chi connectivity index (χ0) is 37.9. The third-order valence-electron chi connectivity index (χ3n) is 9.68. The van der Waals surface area contributed by atoms with Gasteiger partial charge in [0.2, 0.25) is 0 Å². The van der Waals surface area contributed by atoms with E-state index < -0.39 is 11.8 Å². The number of hydrogen-bond donors (Lipinski definition) is 0. The summed E-state index contributed by atoms with van der Waals surface area (Å²) in [5, 5.41) is 0. The number of benzene rings is 5. The summed E-state index contributed by atoms with van der Waals surface area (Å²) in [5.74, 6) is -1.28. The average molecular weight is 861 g/mol. The van der Waals surface area contributed by atoms with E-state index in [0.717, 1.165) is 74.5 Å². The maximum absolute atomic E-state index is 8.80. The van der Waals surface area contributed by atoms with E-state index >= 15 is 0 Å². The topological polar surface area (TPSA) is 30.7 Å². The van der Waals surface area contributed by atoms with Crippen molar-refractivity contribution in [1.82, 2.24) is 14.5 Å². The molecule has 1 fully saturated rings. The molecule has 4 heteroatoms. The number of para-hydroxylation sites is 3. The quantitative estimate of drug-likeness (QED) is 0.150. The van der Waals surface area contributed by atoms with Crippen LogP contribution in [0.15, 0.2) is 134 Å². The van der Waals surface area contributed by atoms with Gasteiger partial charge in [-0.15, -0.1) is 71.8 Å². The summed E-state index contributed by atoms with van der Waals surface area (Å²) < 4.78 is 28.5. The van der Waals surface area contributed by atoms with E-state index in [9.17, 15) is 0 Å². The maximum atomic E-state index is 8.80. The number of aromatic nitrogens is 3. The third-order valence-corrected chi connectivity index (χ3v) is 9.68. The molecule has 1 radical (unpaired) electrons. The van der Waals surface area contributed by atoms with Gasteiger partial charge in [0.15, 0.2) is 0 Å². The van der Waals surface area contributed by atoms with Crippen LogP contribution < -0.4 is 0 Å². The van der Waals surface area contributed by atoms with E-state index in [0.29, 0.717) is 0 Å². The second kappa shape index (κ2) is 17.3. The second-order valence-corrected chi connectivity index (χ2v) is 13.7. The molecule has 0 atom stereocenters. The van der Waals surface area contributed by atoms with Crippen LogP contribution in [0.3, 0.4) is 0 Å². The van der Waals surface area contributed by atoms with Crippen molar-refractivity contribution < 1.29 is 24.2 Å². The fourth-order valence-corrected chi connectivity index (χ4v) is 7.03. The molecule has 0 bridgehead atoms. The summed E-state index contributed by atoms with van der Waals surface area (Å²) in [6.07, 6.45) is 7.44. The minimum Gasteiger partial charge on any atom is -0.333 e. The van der Waals surface area contributed by atoms with Crippen molar-refractivity contribution in [2.75, 3.05) is 0 Å². The molecular weight excluding hydrogens is 811 g/mol. The van der Waals surface area contributed by atoms with E-state index in [4.69, 9.17) is 9.10 Å². The summed E-state index contributed by atoms with van der Waals surface area (Å²) in [7, 11) is 0. The van der Waals surface area contributed by atoms with Crippen molar-refractivity contribution in [1.29, 1.82) is 0 Å². The minimum atomic E-state index is -0.834. The molecule has 3 nitrogen and oxygen atoms in total. The summed E-state index contributed by atoms with van der Waals surface area (Å²) in [5.41, 5.74) is 10.8. The van der Waals surface area contributed by atoms with Gasteiger partial charge in [-0.25, -0.2) is 0 Å². The fraction of sp³-hybridized carbons (Fsp3) is 0.250. The minimum absolute atomic E-state index is 0. The molecule has 0 N–H and O–H groups in total. The molecular formula is C48H47IrN3-2. The first-order valence-electron chi connectivity index (χ1n) is 19.6. The van der Waals surface area contributed by atoms with E-state index in [1.165, 1.54) is 24.8 Å². The van der Waals surface area contributed by atoms with E-state index in [1.54, 1.807) is 0 Å². The number of pyridine rings is 1. The van der Waals surface area contributed by atoms with Crippen LogP contribution in [-0.2, 0) is 20.1 Å². The van der Waals surface area contributed by atoms with Crippen molar-refractivity contribution >= 4 is 11.0 Å². The van der Waals surface area contributed by atoms with Crippen LogP contribution in [0.4, 0.5) is 0 Å². The van der Waals surface area contributed by atoms with Crippen LogP contribution >= 0.6 is 0 Å². The molecule has 0 amide bonds. The molecule has 1 saturated carbocycles. The Balaban J connectivity index is 0.000000185. The molecule has 52 heavy (non-hydrogen) atoms. The maximum Gasteiger partial charge on any atom is 0.0774 e. The molecule has 8 rings (SSSR count). The number of nitrogens with zero attached hydrogens (tertiary/aromatic N) is 3. The van der Waals surface area contributed by atoms with Crippen molar-refractivity contribution in [3.8, 4) is 39.5 Å². The standard InChI is InChI=1S/C25H25N2.C23H22N.Ir/c1-17(2)20-13-10-14-21(18(3)4)24(20)27-23-16-9-8-15-22(23)26-25(27)19-11-6-5-7-12-19;1-3-7-18(8-4-1)19-11-13-20(14-12-19)22-15-16-24-23(17-22)21-9-5-2-6-10-21;/h5-11,13-18H,1-4H3;2,5-6,9,11-18H,1,3-4,7-8H2;/q2*-1;/i17D,18D;18D;. The Morgan fingerprint density at radius 2 is 1.33 bits per heavy atom. The van der Waals surface area contributed by atoms with Crippen LogP contribution in [0.25, 0.3) is 50.5 Å². The largest absolute Gasteiger partial charge is 0.333 e. The average Bonchev–Trinajstić information content (AvgIpc) is 3.58. The summed E-state index contributed by atoms with van der Waals surface area (Å²) >= 11 is 0. The predicted molar refractivity (Wildman–Crippen MR) is 213 cm³/mol. The van der Waals surface area contributed by atoms with Crippen molar-refractivity contribution in [3.05, 3.63) is 162 Å². The molecule has 1 aliphatic rings. The zero-order valence-electron chi connectivity index (χ0n) is 33.4. The third kappa shape index (κ3) is 8.20. The molecule has 5 aromatic carbocycles. The first kappa shape index (κ1) is 33.2. The normalized spacial score (nSPS) is 15.0. The van der Waals surface area contributed by atoms with E-state index in [-0.39, 0.29) is 26.0 Å². The van der Waals surface area contributed by atoms with Gasteiger partial charge >= 0.3 is 0 Å². The SMILES string of the molecule is [2H]C(C)(C)c1cccc(C([2H])(C)C)c1-n1c(-c2[c-]cccc2)nc2ccccc21.[2H]C1(c2ccc(-c3ccnc(-c4[c-]cccc4)c3)cc2)CCCCC1.[Ir]. The van der Waals surface area contributed by atoms with Gasteiger partial charge in [0.05, 0.1) is 16.9 Å². The van der Waals surface area contributed by atoms with Crippen molar-refractivity contribution in [2.45, 2.75) is 77.5 Å². The Morgan fingerprint density at radius 3 is 1.96 bits per heavy atom. The Labute approximate surface area is 327 Å². The molecule has 0 saturated heterocycles. The fourth-order valence-electron chi connectivity index (χ4n) is 7.03. The van der Waals surface area contributed by atoms with Gasteiger partial charge in [-0.3, -0.25) is 4.98 Å². The number of imidazole rings is 1. The van der Waals surface area contributed by atoms with Crippen molar-refractivity contribution in [3.63, 3.8) is 0 Å². The van der Waals surface area contributed by atoms with Gasteiger partial charge < -0.3 is 9.55 Å². The van der Waals surface area contributed by atoms with Crippen LogP contribution in [0.2, 0.25) is 0 Å². The molecule has 2 aromatic heterocycles. The second-order valence-electron chi connectivity index (χ2n) is 13.7. The van der Waals surface area contributed by atoms with Gasteiger partial charge in [-0.1, -0.05) is 108 Å². The Morgan fingerprint density at radius 1 is 0.692 bits per heavy atom. The zero-order valence-corrected chi connectivity index (χ0v) is 32.8. The van der Waals surface area contributed by atoms with Gasteiger partial charge in [-0.2, -0.15) is 0 Å². The molecule has 2 heterocycles.